The molecule has 2 N–H and O–H groups in total. The average Bonchev–Trinajstić information content (AvgIpc) is 2.82. The number of amides is 1. The molecular formula is C26H33N3O2. The van der Waals surface area contributed by atoms with Crippen LogP contribution in [0.15, 0.2) is 42.5 Å². The molecule has 0 saturated carbocycles. The fraction of sp³-hybridized carbons (Fsp3) is 0.500. The fourth-order valence-corrected chi connectivity index (χ4v) is 5.91. The van der Waals surface area contributed by atoms with Gasteiger partial charge in [0.05, 0.1) is 13.2 Å². The molecule has 0 spiro atoms. The summed E-state index contributed by atoms with van der Waals surface area (Å²) in [6.07, 6.45) is 4.59. The zero-order valence-corrected chi connectivity index (χ0v) is 18.6. The molecule has 0 bridgehead atoms. The molecule has 31 heavy (non-hydrogen) atoms. The van der Waals surface area contributed by atoms with Crippen molar-refractivity contribution in [3.63, 3.8) is 0 Å². The number of rotatable bonds is 4. The van der Waals surface area contributed by atoms with E-state index in [1.807, 2.05) is 37.3 Å². The summed E-state index contributed by atoms with van der Waals surface area (Å²) in [4.78, 5) is 16.1. The molecule has 3 heterocycles. The van der Waals surface area contributed by atoms with Gasteiger partial charge in [0.2, 0.25) is 0 Å². The molecule has 0 aliphatic carbocycles. The predicted octanol–water partition coefficient (Wildman–Crippen LogP) is 3.86. The van der Waals surface area contributed by atoms with Gasteiger partial charge in [-0.25, -0.2) is 0 Å². The average molecular weight is 420 g/mol. The Morgan fingerprint density at radius 3 is 2.87 bits per heavy atom. The van der Waals surface area contributed by atoms with E-state index in [0.29, 0.717) is 6.04 Å². The number of hydrogen-bond acceptors (Lipinski definition) is 4. The first-order chi connectivity index (χ1) is 15.2. The molecule has 5 rings (SSSR count). The molecule has 5 heteroatoms. The van der Waals surface area contributed by atoms with Gasteiger partial charge >= 0.3 is 0 Å². The lowest BCUT2D eigenvalue weighted by atomic mass is 9.76. The van der Waals surface area contributed by atoms with Crippen molar-refractivity contribution in [2.45, 2.75) is 50.7 Å². The van der Waals surface area contributed by atoms with E-state index in [2.05, 4.69) is 27.7 Å². The van der Waals surface area contributed by atoms with Gasteiger partial charge in [-0.15, -0.1) is 0 Å². The molecule has 0 aromatic heterocycles. The Kier molecular flexibility index (Phi) is 5.72. The molecule has 0 radical (unpaired) electrons. The van der Waals surface area contributed by atoms with Crippen molar-refractivity contribution in [1.29, 1.82) is 0 Å². The lowest BCUT2D eigenvalue weighted by Gasteiger charge is -2.49. The summed E-state index contributed by atoms with van der Waals surface area (Å²) >= 11 is 0. The van der Waals surface area contributed by atoms with Crippen LogP contribution < -0.4 is 15.4 Å². The van der Waals surface area contributed by atoms with Crippen LogP contribution in [0.5, 0.6) is 5.75 Å². The standard InChI is InChI=1S/C26H33N3O2/c1-17(18-7-4-3-5-8-18)28-26(30)21-10-11-24(31-2)20-12-14-29-16-19-9-6-13-27-22(19)15-23(29)25(20)21/h3-5,7-8,10-11,17,19,22-23,27H,6,9,12-16H2,1-2H3,(H,28,30)/t17?,19-,22+,23-/m1/s1. The number of piperidine rings is 2. The normalized spacial score (nSPS) is 26.2. The van der Waals surface area contributed by atoms with Gasteiger partial charge in [-0.1, -0.05) is 30.3 Å². The third-order valence-electron chi connectivity index (χ3n) is 7.52. The largest absolute Gasteiger partial charge is 0.496 e. The highest BCUT2D eigenvalue weighted by Gasteiger charge is 2.41. The highest BCUT2D eigenvalue weighted by Crippen LogP contribution is 2.44. The maximum absolute atomic E-state index is 13.5. The Hall–Kier alpha value is -2.37. The second kappa shape index (κ2) is 8.64. The van der Waals surface area contributed by atoms with Gasteiger partial charge in [-0.3, -0.25) is 9.69 Å². The van der Waals surface area contributed by atoms with Gasteiger partial charge in [0.15, 0.2) is 0 Å². The van der Waals surface area contributed by atoms with E-state index >= 15 is 0 Å². The fourth-order valence-electron chi connectivity index (χ4n) is 5.91. The molecular weight excluding hydrogens is 386 g/mol. The summed E-state index contributed by atoms with van der Waals surface area (Å²) in [5, 5.41) is 7.00. The van der Waals surface area contributed by atoms with Crippen LogP contribution in [0.4, 0.5) is 0 Å². The number of carbonyl (C=O) groups is 1. The van der Waals surface area contributed by atoms with Crippen LogP contribution in [-0.2, 0) is 6.42 Å². The van der Waals surface area contributed by atoms with Gasteiger partial charge in [0.25, 0.3) is 5.91 Å². The number of benzene rings is 2. The number of hydrogen-bond donors (Lipinski definition) is 2. The van der Waals surface area contributed by atoms with Crippen molar-refractivity contribution < 1.29 is 9.53 Å². The van der Waals surface area contributed by atoms with Crippen molar-refractivity contribution in [3.05, 3.63) is 64.7 Å². The first kappa shape index (κ1) is 20.5. The maximum atomic E-state index is 13.5. The highest BCUT2D eigenvalue weighted by atomic mass is 16.5. The molecule has 2 aromatic carbocycles. The van der Waals surface area contributed by atoms with Crippen LogP contribution in [0.25, 0.3) is 0 Å². The van der Waals surface area contributed by atoms with Crippen molar-refractivity contribution in [1.82, 2.24) is 15.5 Å². The summed E-state index contributed by atoms with van der Waals surface area (Å²) in [5.74, 6) is 1.66. The smallest absolute Gasteiger partial charge is 0.252 e. The minimum absolute atomic E-state index is 0.0100. The van der Waals surface area contributed by atoms with Crippen LogP contribution in [0.3, 0.4) is 0 Å². The topological polar surface area (TPSA) is 53.6 Å². The van der Waals surface area contributed by atoms with E-state index in [9.17, 15) is 4.79 Å². The minimum atomic E-state index is -0.0399. The number of nitrogens with zero attached hydrogens (tertiary/aromatic N) is 1. The monoisotopic (exact) mass is 419 g/mol. The molecule has 5 nitrogen and oxygen atoms in total. The van der Waals surface area contributed by atoms with Crippen molar-refractivity contribution in [3.8, 4) is 5.75 Å². The van der Waals surface area contributed by atoms with Gasteiger partial charge in [0.1, 0.15) is 5.75 Å². The summed E-state index contributed by atoms with van der Waals surface area (Å²) in [6.45, 7) is 5.33. The Morgan fingerprint density at radius 2 is 2.06 bits per heavy atom. The number of ether oxygens (including phenoxy) is 1. The van der Waals surface area contributed by atoms with Crippen LogP contribution in [0.2, 0.25) is 0 Å². The van der Waals surface area contributed by atoms with E-state index in [4.69, 9.17) is 4.74 Å². The van der Waals surface area contributed by atoms with E-state index in [1.165, 1.54) is 24.0 Å². The lowest BCUT2D eigenvalue weighted by Crippen LogP contribution is -2.55. The van der Waals surface area contributed by atoms with Crippen molar-refractivity contribution >= 4 is 5.91 Å². The molecule has 1 amide bonds. The Morgan fingerprint density at radius 1 is 1.23 bits per heavy atom. The maximum Gasteiger partial charge on any atom is 0.252 e. The predicted molar refractivity (Wildman–Crippen MR) is 122 cm³/mol. The molecule has 2 aromatic rings. The van der Waals surface area contributed by atoms with E-state index < -0.39 is 0 Å². The van der Waals surface area contributed by atoms with Crippen LogP contribution in [-0.4, -0.2) is 43.6 Å². The number of carbonyl (C=O) groups excluding carboxylic acids is 1. The van der Waals surface area contributed by atoms with Crippen molar-refractivity contribution in [2.75, 3.05) is 26.7 Å². The Balaban J connectivity index is 1.47. The molecule has 2 fully saturated rings. The summed E-state index contributed by atoms with van der Waals surface area (Å²) in [6, 6.07) is 14.9. The zero-order valence-electron chi connectivity index (χ0n) is 18.6. The van der Waals surface area contributed by atoms with Crippen molar-refractivity contribution in [2.24, 2.45) is 5.92 Å². The summed E-state index contributed by atoms with van der Waals surface area (Å²) < 4.78 is 5.72. The SMILES string of the molecule is COc1ccc(C(=O)NC(C)c2ccccc2)c2c1CCN1C[C@H]3CCCN[C@H]3C[C@H]21. The van der Waals surface area contributed by atoms with Crippen LogP contribution in [0, 0.1) is 5.92 Å². The van der Waals surface area contributed by atoms with Gasteiger partial charge in [-0.05, 0) is 68.3 Å². The van der Waals surface area contributed by atoms with Crippen LogP contribution in [0.1, 0.15) is 65.3 Å². The molecule has 164 valence electrons. The third-order valence-corrected chi connectivity index (χ3v) is 7.52. The summed E-state index contributed by atoms with van der Waals surface area (Å²) in [5.41, 5.74) is 4.33. The van der Waals surface area contributed by atoms with Crippen LogP contribution >= 0.6 is 0 Å². The molecule has 4 atom stereocenters. The molecule has 3 aliphatic heterocycles. The number of methoxy groups -OCH3 is 1. The zero-order chi connectivity index (χ0) is 21.4. The second-order valence-corrected chi connectivity index (χ2v) is 9.27. The first-order valence-electron chi connectivity index (χ1n) is 11.7. The van der Waals surface area contributed by atoms with Gasteiger partial charge in [0, 0.05) is 36.3 Å². The quantitative estimate of drug-likeness (QED) is 0.790. The van der Waals surface area contributed by atoms with E-state index in [1.54, 1.807) is 7.11 Å². The van der Waals surface area contributed by atoms with E-state index in [0.717, 1.165) is 55.3 Å². The Labute approximate surface area is 185 Å². The second-order valence-electron chi connectivity index (χ2n) is 9.27. The third kappa shape index (κ3) is 3.85. The highest BCUT2D eigenvalue weighted by molar-refractivity contribution is 5.97. The first-order valence-corrected chi connectivity index (χ1v) is 11.7. The Bertz CT molecular complexity index is 945. The number of fused-ring (bicyclic) bond motifs is 4. The summed E-state index contributed by atoms with van der Waals surface area (Å²) in [7, 11) is 1.73. The number of nitrogens with one attached hydrogen (secondary N) is 2. The lowest BCUT2D eigenvalue weighted by molar-refractivity contribution is 0.0538. The van der Waals surface area contributed by atoms with Gasteiger partial charge < -0.3 is 15.4 Å². The van der Waals surface area contributed by atoms with E-state index in [-0.39, 0.29) is 18.0 Å². The van der Waals surface area contributed by atoms with Gasteiger partial charge in [-0.2, -0.15) is 0 Å². The minimum Gasteiger partial charge on any atom is -0.496 e. The molecule has 1 unspecified atom stereocenters. The molecule has 3 aliphatic rings. The molecule has 2 saturated heterocycles.